The molecule has 234 valence electrons. The third-order valence-electron chi connectivity index (χ3n) is 9.09. The van der Waals surface area contributed by atoms with Crippen LogP contribution in [0.1, 0.15) is 65.5 Å². The van der Waals surface area contributed by atoms with Crippen molar-refractivity contribution in [3.8, 4) is 12.1 Å². The summed E-state index contributed by atoms with van der Waals surface area (Å²) >= 11 is 12.6. The highest BCUT2D eigenvalue weighted by Gasteiger charge is 2.57. The third kappa shape index (κ3) is 5.18. The molecule has 0 spiro atoms. The minimum atomic E-state index is -1.32. The van der Waals surface area contributed by atoms with Crippen LogP contribution in [0.15, 0.2) is 67.0 Å². The molecule has 2 aliphatic carbocycles. The summed E-state index contributed by atoms with van der Waals surface area (Å²) in [5.74, 6) is -1.06. The summed E-state index contributed by atoms with van der Waals surface area (Å²) in [6.07, 6.45) is 5.31. The number of hydrogen-bond donors (Lipinski definition) is 2. The Morgan fingerprint density at radius 3 is 2.21 bits per heavy atom. The van der Waals surface area contributed by atoms with Gasteiger partial charge in [-0.1, -0.05) is 35.3 Å². The molecule has 0 radical (unpaired) electrons. The smallest absolute Gasteiger partial charge is 0.270 e. The highest BCUT2D eigenvalue weighted by Crippen LogP contribution is 2.47. The van der Waals surface area contributed by atoms with Gasteiger partial charge in [-0.3, -0.25) is 23.9 Å². The summed E-state index contributed by atoms with van der Waals surface area (Å²) in [6, 6.07) is 19.1. The van der Waals surface area contributed by atoms with Crippen LogP contribution in [0.4, 0.5) is 11.6 Å². The second-order valence-corrected chi connectivity index (χ2v) is 13.3. The Kier molecular flexibility index (Phi) is 7.08. The first-order chi connectivity index (χ1) is 22.5. The monoisotopic (exact) mass is 664 g/mol. The molecule has 3 aliphatic rings. The lowest BCUT2D eigenvalue weighted by atomic mass is 9.91. The number of aromatic nitrogens is 3. The first kappa shape index (κ1) is 30.4. The van der Waals surface area contributed by atoms with E-state index in [1.54, 1.807) is 72.3 Å². The molecule has 13 heteroatoms. The van der Waals surface area contributed by atoms with Gasteiger partial charge in [-0.15, -0.1) is 0 Å². The van der Waals surface area contributed by atoms with Gasteiger partial charge in [-0.05, 0) is 80.6 Å². The molecule has 3 amide bonds. The molecule has 2 N–H and O–H groups in total. The van der Waals surface area contributed by atoms with Gasteiger partial charge in [0.05, 0.1) is 46.4 Å². The summed E-state index contributed by atoms with van der Waals surface area (Å²) in [4.78, 5) is 52.3. The summed E-state index contributed by atoms with van der Waals surface area (Å²) < 4.78 is 1.59. The molecule has 47 heavy (non-hydrogen) atoms. The lowest BCUT2D eigenvalue weighted by molar-refractivity contribution is -0.125. The van der Waals surface area contributed by atoms with Crippen molar-refractivity contribution in [3.05, 3.63) is 105 Å². The van der Waals surface area contributed by atoms with E-state index in [1.165, 1.54) is 11.1 Å². The molecule has 2 fully saturated rings. The Labute approximate surface area is 279 Å². The first-order valence-electron chi connectivity index (χ1n) is 14.9. The fourth-order valence-corrected chi connectivity index (χ4v) is 6.72. The van der Waals surface area contributed by atoms with E-state index in [-0.39, 0.29) is 29.9 Å². The van der Waals surface area contributed by atoms with Crippen molar-refractivity contribution in [2.75, 3.05) is 4.90 Å². The van der Waals surface area contributed by atoms with E-state index < -0.39 is 22.5 Å². The summed E-state index contributed by atoms with van der Waals surface area (Å²) in [7, 11) is 0. The van der Waals surface area contributed by atoms with Gasteiger partial charge in [0.1, 0.15) is 16.8 Å². The van der Waals surface area contributed by atoms with E-state index in [2.05, 4.69) is 32.7 Å². The van der Waals surface area contributed by atoms with Crippen LogP contribution in [0.3, 0.4) is 0 Å². The number of imidazole rings is 1. The molecule has 0 unspecified atom stereocenters. The number of halogens is 2. The van der Waals surface area contributed by atoms with Crippen LogP contribution in [0.5, 0.6) is 0 Å². The number of pyridine rings is 1. The van der Waals surface area contributed by atoms with Crippen molar-refractivity contribution >= 4 is 52.6 Å². The molecule has 1 aliphatic heterocycles. The standard InChI is InChI=1S/C34H26Cl2N8O3/c1-32(16-20-2-4-21(17-37)5-3-20)30(47)43(25-14-23(35)13-24(36)15-25)31-40-19-26(44(31)32)28(45)41-34(9-10-34)29(46)42-33(7-8-33)27-12-22(18-38)6-11-39-27/h2-6,11-15,19H,7-10,16H2,1H3,(H,41,45)(H,42,46)/t32-/m1/s1. The minimum Gasteiger partial charge on any atom is -0.343 e. The van der Waals surface area contributed by atoms with E-state index in [9.17, 15) is 24.9 Å². The Morgan fingerprint density at radius 2 is 1.60 bits per heavy atom. The SMILES string of the molecule is C[C@@]1(Cc2ccc(C#N)cc2)C(=O)N(c2cc(Cl)cc(Cl)c2)c2ncc(C(=O)NC3(C(=O)NC4(c5cc(C#N)ccn5)CC4)CC3)n21. The average molecular weight is 666 g/mol. The van der Waals surface area contributed by atoms with Crippen LogP contribution in [0.2, 0.25) is 10.0 Å². The van der Waals surface area contributed by atoms with Gasteiger partial charge in [0, 0.05) is 22.7 Å². The second-order valence-electron chi connectivity index (χ2n) is 12.4. The maximum absolute atomic E-state index is 14.3. The Bertz CT molecular complexity index is 2050. The Morgan fingerprint density at radius 1 is 0.915 bits per heavy atom. The quantitative estimate of drug-likeness (QED) is 0.267. The second kappa shape index (κ2) is 10.9. The number of carbonyl (C=O) groups is 3. The van der Waals surface area contributed by atoms with Crippen LogP contribution >= 0.6 is 23.2 Å². The molecule has 3 heterocycles. The predicted molar refractivity (Wildman–Crippen MR) is 172 cm³/mol. The number of hydrogen-bond acceptors (Lipinski definition) is 7. The van der Waals surface area contributed by atoms with Gasteiger partial charge in [0.25, 0.3) is 11.8 Å². The zero-order valence-electron chi connectivity index (χ0n) is 25.1. The highest BCUT2D eigenvalue weighted by molar-refractivity contribution is 6.35. The summed E-state index contributed by atoms with van der Waals surface area (Å²) in [5, 5.41) is 25.2. The number of fused-ring (bicyclic) bond motifs is 1. The molecule has 2 saturated carbocycles. The van der Waals surface area contributed by atoms with Gasteiger partial charge in [0.15, 0.2) is 0 Å². The zero-order chi connectivity index (χ0) is 33.1. The summed E-state index contributed by atoms with van der Waals surface area (Å²) in [6.45, 7) is 1.72. The predicted octanol–water partition coefficient (Wildman–Crippen LogP) is 5.03. The van der Waals surface area contributed by atoms with Gasteiger partial charge >= 0.3 is 0 Å². The molecule has 2 aromatic heterocycles. The Hall–Kier alpha value is -5.23. The zero-order valence-corrected chi connectivity index (χ0v) is 26.6. The van der Waals surface area contributed by atoms with E-state index in [0.717, 1.165) is 5.56 Å². The molecular formula is C34H26Cl2N8O3. The summed E-state index contributed by atoms with van der Waals surface area (Å²) in [5.41, 5.74) is -0.366. The third-order valence-corrected chi connectivity index (χ3v) is 9.53. The van der Waals surface area contributed by atoms with E-state index in [1.807, 2.05) is 0 Å². The van der Waals surface area contributed by atoms with Gasteiger partial charge in [0.2, 0.25) is 11.9 Å². The molecule has 4 aromatic rings. The van der Waals surface area contributed by atoms with E-state index in [4.69, 9.17) is 23.2 Å². The lowest BCUT2D eigenvalue weighted by Crippen LogP contribution is -2.52. The largest absolute Gasteiger partial charge is 0.343 e. The van der Waals surface area contributed by atoms with Crippen molar-refractivity contribution in [2.24, 2.45) is 0 Å². The van der Waals surface area contributed by atoms with Crippen LogP contribution in [0, 0.1) is 22.7 Å². The van der Waals surface area contributed by atoms with Gasteiger partial charge in [-0.25, -0.2) is 9.88 Å². The molecule has 7 rings (SSSR count). The van der Waals surface area contributed by atoms with E-state index in [0.29, 0.717) is 58.2 Å². The molecular weight excluding hydrogens is 639 g/mol. The van der Waals surface area contributed by atoms with Gasteiger partial charge in [-0.2, -0.15) is 10.5 Å². The number of nitrogens with zero attached hydrogens (tertiary/aromatic N) is 6. The Balaban J connectivity index is 1.21. The maximum atomic E-state index is 14.3. The van der Waals surface area contributed by atoms with Crippen molar-refractivity contribution in [3.63, 3.8) is 0 Å². The lowest BCUT2D eigenvalue weighted by Gasteiger charge is -2.27. The van der Waals surface area contributed by atoms with E-state index >= 15 is 0 Å². The number of nitrogens with one attached hydrogen (secondary N) is 2. The van der Waals surface area contributed by atoms with Crippen LogP contribution < -0.4 is 15.5 Å². The fourth-order valence-electron chi connectivity index (χ4n) is 6.21. The molecule has 11 nitrogen and oxygen atoms in total. The molecule has 2 aromatic carbocycles. The molecule has 0 bridgehead atoms. The number of amides is 3. The highest BCUT2D eigenvalue weighted by atomic mass is 35.5. The number of anilines is 2. The number of nitriles is 2. The minimum absolute atomic E-state index is 0.101. The van der Waals surface area contributed by atoms with Crippen molar-refractivity contribution < 1.29 is 14.4 Å². The van der Waals surface area contributed by atoms with Crippen LogP contribution in [0.25, 0.3) is 0 Å². The molecule has 0 saturated heterocycles. The number of carbonyl (C=O) groups excluding carboxylic acids is 3. The van der Waals surface area contributed by atoms with Crippen LogP contribution in [-0.4, -0.2) is 37.8 Å². The average Bonchev–Trinajstić information content (AvgIpc) is 3.96. The van der Waals surface area contributed by atoms with Crippen molar-refractivity contribution in [1.82, 2.24) is 25.2 Å². The molecule has 1 atom stereocenters. The first-order valence-corrected chi connectivity index (χ1v) is 15.7. The maximum Gasteiger partial charge on any atom is 0.270 e. The topological polar surface area (TPSA) is 157 Å². The van der Waals surface area contributed by atoms with Gasteiger partial charge < -0.3 is 10.6 Å². The fraction of sp³-hybridized carbons (Fsp3) is 0.265. The normalized spacial score (nSPS) is 19.7. The van der Waals surface area contributed by atoms with Crippen LogP contribution in [-0.2, 0) is 27.1 Å². The van der Waals surface area contributed by atoms with Crippen molar-refractivity contribution in [2.45, 2.75) is 55.6 Å². The van der Waals surface area contributed by atoms with Crippen molar-refractivity contribution in [1.29, 1.82) is 10.5 Å². The number of benzene rings is 2. The number of rotatable bonds is 8.